The fourth-order valence-corrected chi connectivity index (χ4v) is 1.57. The van der Waals surface area contributed by atoms with Gasteiger partial charge in [0.05, 0.1) is 18.9 Å². The van der Waals surface area contributed by atoms with Crippen LogP contribution in [0.5, 0.6) is 0 Å². The number of hydrogen-bond acceptors (Lipinski definition) is 4. The van der Waals surface area contributed by atoms with Crippen LogP contribution in [0.25, 0.3) is 0 Å². The summed E-state index contributed by atoms with van der Waals surface area (Å²) in [6.45, 7) is 0.785. The Labute approximate surface area is 84.7 Å². The molecule has 1 aliphatic heterocycles. The van der Waals surface area contributed by atoms with Gasteiger partial charge in [0.2, 0.25) is 5.28 Å². The van der Waals surface area contributed by atoms with Crippen LogP contribution >= 0.6 is 11.6 Å². The van der Waals surface area contributed by atoms with Crippen molar-refractivity contribution in [3.05, 3.63) is 22.2 Å². The highest BCUT2D eigenvalue weighted by atomic mass is 35.5. The van der Waals surface area contributed by atoms with E-state index in [4.69, 9.17) is 21.4 Å². The van der Waals surface area contributed by atoms with E-state index >= 15 is 0 Å². The number of carbonyl (C=O) groups is 1. The van der Waals surface area contributed by atoms with Crippen molar-refractivity contribution in [2.24, 2.45) is 0 Å². The van der Waals surface area contributed by atoms with Gasteiger partial charge in [0, 0.05) is 12.0 Å². The summed E-state index contributed by atoms with van der Waals surface area (Å²) in [4.78, 5) is 18.4. The maximum atomic E-state index is 10.8. The van der Waals surface area contributed by atoms with Gasteiger partial charge >= 0.3 is 5.97 Å². The zero-order chi connectivity index (χ0) is 10.1. The molecular formula is C8H7ClN2O3. The van der Waals surface area contributed by atoms with Gasteiger partial charge in [0.25, 0.3) is 0 Å². The molecule has 1 aromatic heterocycles. The lowest BCUT2D eigenvalue weighted by Crippen LogP contribution is -2.18. The van der Waals surface area contributed by atoms with Gasteiger partial charge in [-0.15, -0.1) is 0 Å². The third kappa shape index (κ3) is 1.56. The van der Waals surface area contributed by atoms with Gasteiger partial charge < -0.3 is 9.84 Å². The van der Waals surface area contributed by atoms with E-state index in [0.717, 1.165) is 0 Å². The Balaban J connectivity index is 2.58. The number of aromatic nitrogens is 2. The lowest BCUT2D eigenvalue weighted by atomic mass is 10.1. The number of halogens is 1. The highest BCUT2D eigenvalue weighted by Gasteiger charge is 2.21. The molecule has 0 spiro atoms. The Morgan fingerprint density at radius 1 is 1.50 bits per heavy atom. The van der Waals surface area contributed by atoms with E-state index in [0.29, 0.717) is 24.3 Å². The molecule has 6 heteroatoms. The van der Waals surface area contributed by atoms with Crippen LogP contribution in [0.15, 0.2) is 0 Å². The standard InChI is InChI=1S/C8H7ClN2O3/c9-8-10-5-1-2-14-3-4(5)6(11-8)7(12)13/h1-3H2,(H,12,13). The van der Waals surface area contributed by atoms with Gasteiger partial charge in [-0.25, -0.2) is 14.8 Å². The van der Waals surface area contributed by atoms with Crippen LogP contribution in [-0.4, -0.2) is 27.7 Å². The van der Waals surface area contributed by atoms with Gasteiger partial charge in [-0.2, -0.15) is 0 Å². The highest BCUT2D eigenvalue weighted by molar-refractivity contribution is 6.28. The van der Waals surface area contributed by atoms with Gasteiger partial charge in [0.1, 0.15) is 0 Å². The minimum atomic E-state index is -1.10. The van der Waals surface area contributed by atoms with Crippen LogP contribution in [0.4, 0.5) is 0 Å². The molecule has 14 heavy (non-hydrogen) atoms. The molecule has 0 unspecified atom stereocenters. The Kier molecular flexibility index (Phi) is 2.35. The average Bonchev–Trinajstić information content (AvgIpc) is 2.16. The zero-order valence-electron chi connectivity index (χ0n) is 7.16. The van der Waals surface area contributed by atoms with E-state index in [9.17, 15) is 4.79 Å². The van der Waals surface area contributed by atoms with Crippen LogP contribution in [0.3, 0.4) is 0 Å². The number of nitrogens with zero attached hydrogens (tertiary/aromatic N) is 2. The summed E-state index contributed by atoms with van der Waals surface area (Å²) in [6.07, 6.45) is 0.581. The predicted octanol–water partition coefficient (Wildman–Crippen LogP) is 0.901. The topological polar surface area (TPSA) is 72.3 Å². The molecule has 0 atom stereocenters. The monoisotopic (exact) mass is 214 g/mol. The van der Waals surface area contributed by atoms with Gasteiger partial charge in [-0.3, -0.25) is 0 Å². The van der Waals surface area contributed by atoms with Gasteiger partial charge in [0.15, 0.2) is 5.69 Å². The lowest BCUT2D eigenvalue weighted by molar-refractivity contribution is 0.0672. The fourth-order valence-electron chi connectivity index (χ4n) is 1.38. The predicted molar refractivity (Wildman–Crippen MR) is 47.4 cm³/mol. The second kappa shape index (κ2) is 3.51. The largest absolute Gasteiger partial charge is 0.476 e. The molecule has 1 aromatic rings. The number of rotatable bonds is 1. The summed E-state index contributed by atoms with van der Waals surface area (Å²) in [6, 6.07) is 0. The Morgan fingerprint density at radius 2 is 2.29 bits per heavy atom. The Morgan fingerprint density at radius 3 is 3.00 bits per heavy atom. The summed E-state index contributed by atoms with van der Waals surface area (Å²) in [5, 5.41) is 8.84. The minimum absolute atomic E-state index is 0.0250. The molecule has 0 saturated heterocycles. The van der Waals surface area contributed by atoms with Crippen LogP contribution < -0.4 is 0 Å². The first-order valence-electron chi connectivity index (χ1n) is 4.05. The van der Waals surface area contributed by atoms with Crippen molar-refractivity contribution < 1.29 is 14.6 Å². The van der Waals surface area contributed by atoms with E-state index in [1.165, 1.54) is 0 Å². The number of fused-ring (bicyclic) bond motifs is 1. The molecular weight excluding hydrogens is 208 g/mol. The summed E-state index contributed by atoms with van der Waals surface area (Å²) >= 11 is 5.60. The molecule has 0 aromatic carbocycles. The lowest BCUT2D eigenvalue weighted by Gasteiger charge is -2.16. The quantitative estimate of drug-likeness (QED) is 0.704. The maximum absolute atomic E-state index is 10.8. The molecule has 0 bridgehead atoms. The van der Waals surface area contributed by atoms with Crippen molar-refractivity contribution in [3.8, 4) is 0 Å². The van der Waals surface area contributed by atoms with E-state index in [1.807, 2.05) is 0 Å². The molecule has 0 fully saturated rings. The second-order valence-electron chi connectivity index (χ2n) is 2.87. The normalized spacial score (nSPS) is 14.9. The summed E-state index contributed by atoms with van der Waals surface area (Å²) in [5.74, 6) is -1.10. The van der Waals surface area contributed by atoms with Crippen LogP contribution in [0.2, 0.25) is 5.28 Å². The van der Waals surface area contributed by atoms with E-state index in [1.54, 1.807) is 0 Å². The number of carboxylic acids is 1. The Bertz CT molecular complexity index is 394. The molecule has 1 N–H and O–H groups in total. The van der Waals surface area contributed by atoms with E-state index < -0.39 is 5.97 Å². The van der Waals surface area contributed by atoms with Crippen molar-refractivity contribution in [1.82, 2.24) is 9.97 Å². The molecule has 2 heterocycles. The number of hydrogen-bond donors (Lipinski definition) is 1. The van der Waals surface area contributed by atoms with Crippen molar-refractivity contribution in [2.75, 3.05) is 6.61 Å². The van der Waals surface area contributed by atoms with Gasteiger partial charge in [-0.05, 0) is 11.6 Å². The number of ether oxygens (including phenoxy) is 1. The smallest absolute Gasteiger partial charge is 0.355 e. The van der Waals surface area contributed by atoms with Crippen molar-refractivity contribution in [3.63, 3.8) is 0 Å². The summed E-state index contributed by atoms with van der Waals surface area (Å²) in [7, 11) is 0. The average molecular weight is 215 g/mol. The highest BCUT2D eigenvalue weighted by Crippen LogP contribution is 2.19. The van der Waals surface area contributed by atoms with E-state index in [-0.39, 0.29) is 17.6 Å². The second-order valence-corrected chi connectivity index (χ2v) is 3.21. The molecule has 1 aliphatic rings. The molecule has 2 rings (SSSR count). The maximum Gasteiger partial charge on any atom is 0.355 e. The summed E-state index contributed by atoms with van der Waals surface area (Å²) < 4.78 is 5.14. The van der Waals surface area contributed by atoms with Gasteiger partial charge in [-0.1, -0.05) is 0 Å². The zero-order valence-corrected chi connectivity index (χ0v) is 7.91. The van der Waals surface area contributed by atoms with Crippen LogP contribution in [0.1, 0.15) is 21.7 Å². The van der Waals surface area contributed by atoms with Crippen molar-refractivity contribution in [2.45, 2.75) is 13.0 Å². The number of aromatic carboxylic acids is 1. The molecule has 0 radical (unpaired) electrons. The van der Waals surface area contributed by atoms with Crippen molar-refractivity contribution >= 4 is 17.6 Å². The minimum Gasteiger partial charge on any atom is -0.476 e. The third-order valence-corrected chi connectivity index (χ3v) is 2.17. The third-order valence-electron chi connectivity index (χ3n) is 2.00. The van der Waals surface area contributed by atoms with E-state index in [2.05, 4.69) is 9.97 Å². The fraction of sp³-hybridized carbons (Fsp3) is 0.375. The SMILES string of the molecule is O=C(O)c1nc(Cl)nc2c1COCC2. The first-order valence-corrected chi connectivity index (χ1v) is 4.42. The first kappa shape index (κ1) is 9.36. The molecule has 5 nitrogen and oxygen atoms in total. The molecule has 0 saturated carbocycles. The summed E-state index contributed by atoms with van der Waals surface area (Å²) in [5.41, 5.74) is 1.15. The first-order chi connectivity index (χ1) is 6.68. The number of carboxylic acid groups (broad SMARTS) is 1. The molecule has 74 valence electrons. The molecule has 0 aliphatic carbocycles. The molecule has 0 amide bonds. The van der Waals surface area contributed by atoms with Crippen LogP contribution in [-0.2, 0) is 17.8 Å². The Hall–Kier alpha value is -1.20. The van der Waals surface area contributed by atoms with Crippen molar-refractivity contribution in [1.29, 1.82) is 0 Å². The van der Waals surface area contributed by atoms with Crippen LogP contribution in [0, 0.1) is 0 Å².